The van der Waals surface area contributed by atoms with E-state index in [0.717, 1.165) is 35.3 Å². The highest BCUT2D eigenvalue weighted by Gasteiger charge is 2.62. The summed E-state index contributed by atoms with van der Waals surface area (Å²) in [6, 6.07) is 0. The van der Waals surface area contributed by atoms with Crippen molar-refractivity contribution in [2.45, 2.75) is 72.0 Å². The summed E-state index contributed by atoms with van der Waals surface area (Å²) in [4.78, 5) is 12.4. The first-order valence-electron chi connectivity index (χ1n) is 8.84. The molecule has 0 aromatic carbocycles. The van der Waals surface area contributed by atoms with Gasteiger partial charge in [-0.3, -0.25) is 0 Å². The minimum atomic E-state index is -0.905. The Morgan fingerprint density at radius 1 is 1.46 bits per heavy atom. The van der Waals surface area contributed by atoms with E-state index >= 15 is 0 Å². The summed E-state index contributed by atoms with van der Waals surface area (Å²) in [5, 5.41) is 11.5. The predicted octanol–water partition coefficient (Wildman–Crippen LogP) is 4.25. The number of rotatable bonds is 2. The maximum atomic E-state index is 12.4. The Morgan fingerprint density at radius 3 is 2.83 bits per heavy atom. The first-order chi connectivity index (χ1) is 11.2. The molecule has 1 aromatic heterocycles. The van der Waals surface area contributed by atoms with E-state index in [9.17, 15) is 9.90 Å². The van der Waals surface area contributed by atoms with E-state index in [1.165, 1.54) is 6.08 Å². The second-order valence-corrected chi connectivity index (χ2v) is 8.08. The maximum absolute atomic E-state index is 12.4. The quantitative estimate of drug-likeness (QED) is 0.649. The molecule has 0 amide bonds. The third-order valence-electron chi connectivity index (χ3n) is 6.26. The zero-order valence-corrected chi connectivity index (χ0v) is 15.3. The number of aliphatic hydroxyl groups is 1. The molecule has 4 atom stereocenters. The number of furan rings is 1. The Labute approximate surface area is 143 Å². The smallest absolute Gasteiger partial charge is 0.331 e. The Hall–Kier alpha value is -1.55. The highest BCUT2D eigenvalue weighted by atomic mass is 16.5. The molecule has 1 aromatic rings. The van der Waals surface area contributed by atoms with Crippen LogP contribution in [0.15, 0.2) is 22.3 Å². The topological polar surface area (TPSA) is 59.7 Å². The zero-order valence-electron chi connectivity index (χ0n) is 15.3. The van der Waals surface area contributed by atoms with Gasteiger partial charge < -0.3 is 14.3 Å². The Bertz CT molecular complexity index is 682. The molecule has 4 nitrogen and oxygen atoms in total. The van der Waals surface area contributed by atoms with Crippen molar-refractivity contribution in [3.05, 3.63) is 34.8 Å². The normalized spacial score (nSPS) is 34.9. The molecule has 24 heavy (non-hydrogen) atoms. The largest absolute Gasteiger partial charge is 0.469 e. The molecule has 4 heteroatoms. The summed E-state index contributed by atoms with van der Waals surface area (Å²) < 4.78 is 11.6. The molecule has 0 aliphatic heterocycles. The summed E-state index contributed by atoms with van der Waals surface area (Å²) in [6.45, 7) is 9.96. The average Bonchev–Trinajstić information content (AvgIpc) is 2.82. The van der Waals surface area contributed by atoms with Crippen molar-refractivity contribution in [3.8, 4) is 0 Å². The lowest BCUT2D eigenvalue weighted by atomic mass is 9.51. The van der Waals surface area contributed by atoms with E-state index in [1.807, 2.05) is 20.8 Å². The summed E-state index contributed by atoms with van der Waals surface area (Å²) in [7, 11) is 0. The minimum absolute atomic E-state index is 0.253. The van der Waals surface area contributed by atoms with Crippen LogP contribution in [0.2, 0.25) is 0 Å². The second-order valence-electron chi connectivity index (χ2n) is 8.08. The lowest BCUT2D eigenvalue weighted by molar-refractivity contribution is -0.210. The van der Waals surface area contributed by atoms with Crippen LogP contribution in [0.4, 0.5) is 0 Å². The molecular weight excluding hydrogens is 304 g/mol. The number of aryl methyl sites for hydroxylation is 1. The molecule has 1 fully saturated rings. The van der Waals surface area contributed by atoms with Crippen LogP contribution >= 0.6 is 0 Å². The lowest BCUT2D eigenvalue weighted by Gasteiger charge is -2.57. The van der Waals surface area contributed by atoms with E-state index in [4.69, 9.17) is 9.15 Å². The molecule has 1 heterocycles. The van der Waals surface area contributed by atoms with Gasteiger partial charge in [0.25, 0.3) is 0 Å². The van der Waals surface area contributed by atoms with Crippen molar-refractivity contribution in [2.24, 2.45) is 11.3 Å². The molecule has 2 aliphatic rings. The predicted molar refractivity (Wildman–Crippen MR) is 91.5 cm³/mol. The van der Waals surface area contributed by atoms with E-state index in [-0.39, 0.29) is 11.9 Å². The van der Waals surface area contributed by atoms with Crippen LogP contribution in [0, 0.1) is 18.3 Å². The van der Waals surface area contributed by atoms with Gasteiger partial charge in [0.05, 0.1) is 11.9 Å². The fourth-order valence-electron chi connectivity index (χ4n) is 4.64. The summed E-state index contributed by atoms with van der Waals surface area (Å²) in [5.41, 5.74) is 1.42. The van der Waals surface area contributed by atoms with Gasteiger partial charge in [-0.25, -0.2) is 4.79 Å². The van der Waals surface area contributed by atoms with Crippen molar-refractivity contribution >= 4 is 5.97 Å². The number of hydrogen-bond acceptors (Lipinski definition) is 4. The number of carbonyl (C=O) groups is 1. The number of hydrogen-bond donors (Lipinski definition) is 1. The van der Waals surface area contributed by atoms with Gasteiger partial charge in [-0.2, -0.15) is 0 Å². The van der Waals surface area contributed by atoms with Crippen LogP contribution < -0.4 is 0 Å². The maximum Gasteiger partial charge on any atom is 0.331 e. The van der Waals surface area contributed by atoms with Gasteiger partial charge >= 0.3 is 5.97 Å². The first kappa shape index (κ1) is 17.3. The van der Waals surface area contributed by atoms with Crippen molar-refractivity contribution in [3.63, 3.8) is 0 Å². The number of ether oxygens (including phenoxy) is 1. The number of esters is 1. The zero-order chi connectivity index (χ0) is 17.7. The average molecular weight is 332 g/mol. The molecule has 1 saturated carbocycles. The lowest BCUT2D eigenvalue weighted by Crippen LogP contribution is -2.60. The Morgan fingerprint density at radius 2 is 2.17 bits per heavy atom. The standard InChI is InChI=1S/C20H28O4/c1-12(2)9-16(21)24-18-17-13(3)11-23-15(17)10-20(22)8-6-7-14(4)19(18,20)5/h9,11,14,18,22H,6-8,10H2,1-5H3. The van der Waals surface area contributed by atoms with E-state index in [0.29, 0.717) is 12.8 Å². The Balaban J connectivity index is 2.11. The van der Waals surface area contributed by atoms with E-state index in [2.05, 4.69) is 13.8 Å². The van der Waals surface area contributed by atoms with Crippen molar-refractivity contribution < 1.29 is 19.1 Å². The molecule has 1 N–H and O–H groups in total. The van der Waals surface area contributed by atoms with Crippen molar-refractivity contribution in [1.29, 1.82) is 0 Å². The molecule has 2 aliphatic carbocycles. The fourth-order valence-corrected chi connectivity index (χ4v) is 4.64. The summed E-state index contributed by atoms with van der Waals surface area (Å²) in [5.74, 6) is 0.662. The highest BCUT2D eigenvalue weighted by molar-refractivity contribution is 5.83. The molecular formula is C20H28O4. The van der Waals surface area contributed by atoms with Gasteiger partial charge in [-0.1, -0.05) is 25.8 Å². The van der Waals surface area contributed by atoms with Gasteiger partial charge in [0.1, 0.15) is 11.9 Å². The second kappa shape index (κ2) is 5.76. The SMILES string of the molecule is CC(C)=CC(=O)OC1c2c(C)coc2CC2(O)CCCC(C)C12C. The third-order valence-corrected chi connectivity index (χ3v) is 6.26. The van der Waals surface area contributed by atoms with E-state index < -0.39 is 17.1 Å². The van der Waals surface area contributed by atoms with E-state index in [1.54, 1.807) is 6.26 Å². The third kappa shape index (κ3) is 2.43. The number of fused-ring (bicyclic) bond motifs is 2. The summed E-state index contributed by atoms with van der Waals surface area (Å²) >= 11 is 0. The van der Waals surface area contributed by atoms with Gasteiger partial charge in [0.2, 0.25) is 0 Å². The van der Waals surface area contributed by atoms with Gasteiger partial charge in [0, 0.05) is 23.5 Å². The van der Waals surface area contributed by atoms with Gasteiger partial charge in [-0.05, 0) is 45.1 Å². The molecule has 3 rings (SSSR count). The van der Waals surface area contributed by atoms with Crippen LogP contribution in [-0.2, 0) is 16.0 Å². The monoisotopic (exact) mass is 332 g/mol. The molecule has 4 unspecified atom stereocenters. The van der Waals surface area contributed by atoms with Crippen LogP contribution in [0.3, 0.4) is 0 Å². The van der Waals surface area contributed by atoms with Crippen molar-refractivity contribution in [1.82, 2.24) is 0 Å². The minimum Gasteiger partial charge on any atom is -0.469 e. The van der Waals surface area contributed by atoms with Crippen molar-refractivity contribution in [2.75, 3.05) is 0 Å². The Kier molecular flexibility index (Phi) is 4.15. The molecule has 0 spiro atoms. The highest BCUT2D eigenvalue weighted by Crippen LogP contribution is 2.61. The molecule has 132 valence electrons. The van der Waals surface area contributed by atoms with Crippen LogP contribution in [0.5, 0.6) is 0 Å². The van der Waals surface area contributed by atoms with Gasteiger partial charge in [0.15, 0.2) is 0 Å². The first-order valence-corrected chi connectivity index (χ1v) is 8.84. The number of allylic oxidation sites excluding steroid dienone is 1. The van der Waals surface area contributed by atoms with Crippen LogP contribution in [0.25, 0.3) is 0 Å². The fraction of sp³-hybridized carbons (Fsp3) is 0.650. The van der Waals surface area contributed by atoms with Crippen LogP contribution in [0.1, 0.15) is 69.9 Å². The van der Waals surface area contributed by atoms with Crippen LogP contribution in [-0.4, -0.2) is 16.7 Å². The summed E-state index contributed by atoms with van der Waals surface area (Å²) in [6.07, 6.45) is 5.96. The molecule has 0 bridgehead atoms. The molecule has 0 saturated heterocycles. The number of carbonyl (C=O) groups excluding carboxylic acids is 1. The molecule has 0 radical (unpaired) electrons. The van der Waals surface area contributed by atoms with Gasteiger partial charge in [-0.15, -0.1) is 0 Å².